The average molecular weight is 551 g/mol. The molecule has 0 unspecified atom stereocenters. The Morgan fingerprint density at radius 3 is 1.68 bits per heavy atom. The van der Waals surface area contributed by atoms with E-state index in [1.165, 1.54) is 11.1 Å². The van der Waals surface area contributed by atoms with Crippen LogP contribution in [0.1, 0.15) is 69.9 Å². The summed E-state index contributed by atoms with van der Waals surface area (Å²) in [5, 5.41) is 0. The monoisotopic (exact) mass is 550 g/mol. The number of rotatable bonds is 15. The van der Waals surface area contributed by atoms with Crippen molar-refractivity contribution in [2.75, 3.05) is 64.2 Å². The summed E-state index contributed by atoms with van der Waals surface area (Å²) in [7, 11) is 8.27. The first-order chi connectivity index (χ1) is 19.2. The Morgan fingerprint density at radius 2 is 1.20 bits per heavy atom. The van der Waals surface area contributed by atoms with Gasteiger partial charge in [-0.15, -0.1) is 0 Å². The van der Waals surface area contributed by atoms with Gasteiger partial charge >= 0.3 is 0 Å². The number of nitrogens with zero attached hydrogens (tertiary/aromatic N) is 4. The highest BCUT2D eigenvalue weighted by atomic mass is 16.2. The normalized spacial score (nSPS) is 12.7. The van der Waals surface area contributed by atoms with Crippen molar-refractivity contribution in [3.8, 4) is 0 Å². The van der Waals surface area contributed by atoms with E-state index in [2.05, 4.69) is 107 Å². The molecule has 1 aliphatic rings. The summed E-state index contributed by atoms with van der Waals surface area (Å²) in [5.41, 5.74) is 4.62. The SMILES string of the molecule is CCCCC(=O)N(CCCN(C)C)c1ccc(CC)cc1.Cc1ccc(N(CCCN(C)C)C(=O)C2CC2)cc1. The lowest BCUT2D eigenvalue weighted by Crippen LogP contribution is -2.34. The lowest BCUT2D eigenvalue weighted by molar-refractivity contribution is -0.120. The van der Waals surface area contributed by atoms with Crippen LogP contribution in [0.2, 0.25) is 0 Å². The van der Waals surface area contributed by atoms with Crippen molar-refractivity contribution in [2.45, 2.75) is 72.1 Å². The fraction of sp³-hybridized carbons (Fsp3) is 0.588. The quantitative estimate of drug-likeness (QED) is 0.257. The van der Waals surface area contributed by atoms with E-state index < -0.39 is 0 Å². The van der Waals surface area contributed by atoms with Crippen molar-refractivity contribution in [2.24, 2.45) is 5.92 Å². The van der Waals surface area contributed by atoms with Crippen molar-refractivity contribution < 1.29 is 9.59 Å². The van der Waals surface area contributed by atoms with Crippen molar-refractivity contribution in [3.63, 3.8) is 0 Å². The van der Waals surface area contributed by atoms with E-state index in [1.54, 1.807) is 0 Å². The molecule has 1 saturated carbocycles. The molecule has 2 aromatic carbocycles. The van der Waals surface area contributed by atoms with Gasteiger partial charge in [-0.1, -0.05) is 50.1 Å². The maximum absolute atomic E-state index is 12.4. The summed E-state index contributed by atoms with van der Waals surface area (Å²) < 4.78 is 0. The maximum Gasteiger partial charge on any atom is 0.230 e. The van der Waals surface area contributed by atoms with Gasteiger partial charge in [0.15, 0.2) is 0 Å². The Labute approximate surface area is 244 Å². The summed E-state index contributed by atoms with van der Waals surface area (Å²) in [6.45, 7) is 9.98. The molecule has 0 heterocycles. The van der Waals surface area contributed by atoms with Crippen molar-refractivity contribution >= 4 is 23.2 Å². The second-order valence-electron chi connectivity index (χ2n) is 11.6. The third-order valence-corrected chi connectivity index (χ3v) is 7.21. The molecule has 2 aromatic rings. The molecule has 0 radical (unpaired) electrons. The zero-order valence-electron chi connectivity index (χ0n) is 26.3. The first-order valence-corrected chi connectivity index (χ1v) is 15.2. The van der Waals surface area contributed by atoms with E-state index in [9.17, 15) is 9.59 Å². The van der Waals surface area contributed by atoms with Crippen LogP contribution in [0.3, 0.4) is 0 Å². The summed E-state index contributed by atoms with van der Waals surface area (Å²) in [5.74, 6) is 0.836. The molecule has 0 N–H and O–H groups in total. The van der Waals surface area contributed by atoms with Crippen LogP contribution in [0.5, 0.6) is 0 Å². The molecule has 0 spiro atoms. The van der Waals surface area contributed by atoms with Gasteiger partial charge < -0.3 is 19.6 Å². The molecule has 6 nitrogen and oxygen atoms in total. The van der Waals surface area contributed by atoms with Crippen LogP contribution in [-0.4, -0.2) is 76.0 Å². The summed E-state index contributed by atoms with van der Waals surface area (Å²) in [6.07, 6.45) is 7.85. The Kier molecular flexibility index (Phi) is 15.0. The Morgan fingerprint density at radius 1 is 0.700 bits per heavy atom. The van der Waals surface area contributed by atoms with Gasteiger partial charge in [-0.2, -0.15) is 0 Å². The van der Waals surface area contributed by atoms with Crippen molar-refractivity contribution in [3.05, 3.63) is 59.7 Å². The van der Waals surface area contributed by atoms with Gasteiger partial charge in [0, 0.05) is 36.8 Å². The van der Waals surface area contributed by atoms with Crippen LogP contribution in [0.25, 0.3) is 0 Å². The summed E-state index contributed by atoms with van der Waals surface area (Å²) in [4.78, 5) is 33.1. The van der Waals surface area contributed by atoms with E-state index in [4.69, 9.17) is 0 Å². The van der Waals surface area contributed by atoms with E-state index >= 15 is 0 Å². The fourth-order valence-electron chi connectivity index (χ4n) is 4.50. The van der Waals surface area contributed by atoms with Crippen LogP contribution in [0, 0.1) is 12.8 Å². The smallest absolute Gasteiger partial charge is 0.230 e. The minimum Gasteiger partial charge on any atom is -0.312 e. The molecule has 0 saturated heterocycles. The first kappa shape index (κ1) is 33.5. The molecule has 0 aliphatic heterocycles. The zero-order valence-corrected chi connectivity index (χ0v) is 26.3. The molecule has 40 heavy (non-hydrogen) atoms. The van der Waals surface area contributed by atoms with Crippen molar-refractivity contribution in [1.29, 1.82) is 0 Å². The highest BCUT2D eigenvalue weighted by Crippen LogP contribution is 2.33. The van der Waals surface area contributed by atoms with Crippen LogP contribution < -0.4 is 9.80 Å². The molecule has 0 atom stereocenters. The third kappa shape index (κ3) is 12.2. The van der Waals surface area contributed by atoms with E-state index in [1.807, 2.05) is 9.80 Å². The van der Waals surface area contributed by atoms with Crippen LogP contribution in [0.4, 0.5) is 11.4 Å². The molecule has 2 amide bonds. The molecule has 1 aliphatic carbocycles. The fourth-order valence-corrected chi connectivity index (χ4v) is 4.50. The van der Waals surface area contributed by atoms with Gasteiger partial charge in [0.05, 0.1) is 0 Å². The molecule has 0 aromatic heterocycles. The first-order valence-electron chi connectivity index (χ1n) is 15.2. The second kappa shape index (κ2) is 17.9. The number of benzene rings is 2. The number of carbonyl (C=O) groups excluding carboxylic acids is 2. The predicted molar refractivity (Wildman–Crippen MR) is 170 cm³/mol. The minimum absolute atomic E-state index is 0.250. The predicted octanol–water partition coefficient (Wildman–Crippen LogP) is 6.41. The highest BCUT2D eigenvalue weighted by molar-refractivity contribution is 5.96. The molecular formula is C34H54N4O2. The maximum atomic E-state index is 12.4. The summed E-state index contributed by atoms with van der Waals surface area (Å²) in [6, 6.07) is 16.7. The van der Waals surface area contributed by atoms with Gasteiger partial charge in [-0.05, 0) is 117 Å². The number of hydrogen-bond donors (Lipinski definition) is 0. The van der Waals surface area contributed by atoms with Crippen LogP contribution in [-0.2, 0) is 16.0 Å². The number of anilines is 2. The van der Waals surface area contributed by atoms with E-state index in [0.29, 0.717) is 12.3 Å². The number of amides is 2. The van der Waals surface area contributed by atoms with Gasteiger partial charge in [0.25, 0.3) is 0 Å². The Bertz CT molecular complexity index is 998. The number of hydrogen-bond acceptors (Lipinski definition) is 4. The van der Waals surface area contributed by atoms with Crippen LogP contribution >= 0.6 is 0 Å². The van der Waals surface area contributed by atoms with Gasteiger partial charge in [0.2, 0.25) is 11.8 Å². The topological polar surface area (TPSA) is 47.1 Å². The molecule has 6 heteroatoms. The average Bonchev–Trinajstić information content (AvgIpc) is 3.78. The Balaban J connectivity index is 0.000000281. The van der Waals surface area contributed by atoms with Crippen LogP contribution in [0.15, 0.2) is 48.5 Å². The third-order valence-electron chi connectivity index (χ3n) is 7.21. The molecule has 0 bridgehead atoms. The molecule has 1 fully saturated rings. The second-order valence-corrected chi connectivity index (χ2v) is 11.6. The molecule has 222 valence electrons. The van der Waals surface area contributed by atoms with Gasteiger partial charge in [0.1, 0.15) is 0 Å². The number of carbonyl (C=O) groups is 2. The van der Waals surface area contributed by atoms with Crippen molar-refractivity contribution in [1.82, 2.24) is 9.80 Å². The lowest BCUT2D eigenvalue weighted by Gasteiger charge is -2.24. The molecular weight excluding hydrogens is 496 g/mol. The zero-order chi connectivity index (χ0) is 29.5. The van der Waals surface area contributed by atoms with E-state index in [0.717, 1.165) is 82.5 Å². The molecule has 3 rings (SSSR count). The minimum atomic E-state index is 0.250. The number of aryl methyl sites for hydroxylation is 2. The number of unbranched alkanes of at least 4 members (excludes halogenated alkanes) is 1. The van der Waals surface area contributed by atoms with Gasteiger partial charge in [-0.25, -0.2) is 0 Å². The van der Waals surface area contributed by atoms with Gasteiger partial charge in [-0.3, -0.25) is 9.59 Å². The summed E-state index contributed by atoms with van der Waals surface area (Å²) >= 11 is 0. The standard InChI is InChI=1S/C18H30N2O.C16H24N2O/c1-5-7-9-18(21)20(15-8-14-19(3)4)17-12-10-16(6-2)11-13-17;1-13-5-9-15(10-6-13)18(12-4-11-17(2)3)16(19)14-7-8-14/h10-13H,5-9,14-15H2,1-4H3;5-6,9-10,14H,4,7-8,11-12H2,1-3H3. The Hall–Kier alpha value is -2.70. The lowest BCUT2D eigenvalue weighted by atomic mass is 10.1. The van der Waals surface area contributed by atoms with E-state index in [-0.39, 0.29) is 11.8 Å². The largest absolute Gasteiger partial charge is 0.312 e. The highest BCUT2D eigenvalue weighted by Gasteiger charge is 2.33.